The van der Waals surface area contributed by atoms with Gasteiger partial charge in [-0.2, -0.15) is 0 Å². The molecule has 2 atom stereocenters. The minimum absolute atomic E-state index is 0.00346. The van der Waals surface area contributed by atoms with Crippen molar-refractivity contribution in [1.82, 2.24) is 5.32 Å². The second-order valence-corrected chi connectivity index (χ2v) is 24.6. The van der Waals surface area contributed by atoms with Crippen LogP contribution in [0.25, 0.3) is 0 Å². The molecule has 0 aromatic carbocycles. The largest absolute Gasteiger partial charge is 0.466 e. The maximum absolute atomic E-state index is 12.5. The van der Waals surface area contributed by atoms with Gasteiger partial charge in [0.1, 0.15) is 0 Å². The number of esters is 1. The Kier molecular flexibility index (Phi) is 66.9. The molecule has 6 heteroatoms. The standard InChI is InChI=1S/C73H139NO5/c1-3-5-7-9-11-13-15-17-19-20-21-29-32-35-38-41-45-49-53-57-61-65-71(76)70(69-75)74-72(77)66-62-58-54-50-46-42-39-36-33-30-27-25-23-22-24-26-28-31-34-37-40-44-48-52-56-60-64-68-79-73(78)67-63-59-55-51-47-43-18-16-14-12-10-8-6-4-2/h10,12,16,18,61,65,70-71,75-76H,3-9,11,13-15,17,19-60,62-64,66-69H2,1-2H3,(H,74,77)/b12-10-,18-16-,65-61+. The van der Waals surface area contributed by atoms with E-state index in [0.29, 0.717) is 19.4 Å². The Hall–Kier alpha value is -1.92. The number of carbonyl (C=O) groups excluding carboxylic acids is 2. The zero-order chi connectivity index (χ0) is 57.1. The van der Waals surface area contributed by atoms with E-state index in [4.69, 9.17) is 4.74 Å². The molecule has 0 spiro atoms. The summed E-state index contributed by atoms with van der Waals surface area (Å²) in [5, 5.41) is 23.3. The van der Waals surface area contributed by atoms with E-state index in [1.807, 2.05) is 6.08 Å². The molecular formula is C73H139NO5. The van der Waals surface area contributed by atoms with E-state index in [1.54, 1.807) is 6.08 Å². The van der Waals surface area contributed by atoms with Crippen LogP contribution in [-0.2, 0) is 14.3 Å². The highest BCUT2D eigenvalue weighted by Gasteiger charge is 2.18. The fourth-order valence-corrected chi connectivity index (χ4v) is 11.2. The summed E-state index contributed by atoms with van der Waals surface area (Å²) in [5.74, 6) is -0.0581. The summed E-state index contributed by atoms with van der Waals surface area (Å²) in [4.78, 5) is 24.6. The van der Waals surface area contributed by atoms with Crippen molar-refractivity contribution in [1.29, 1.82) is 0 Å². The first-order valence-electron chi connectivity index (χ1n) is 35.8. The topological polar surface area (TPSA) is 95.9 Å². The molecule has 2 unspecified atom stereocenters. The number of aliphatic hydroxyl groups excluding tert-OH is 2. The Bertz CT molecular complexity index is 1280. The molecule has 1 amide bonds. The van der Waals surface area contributed by atoms with Crippen LogP contribution in [-0.4, -0.2) is 47.4 Å². The number of carbonyl (C=O) groups is 2. The lowest BCUT2D eigenvalue weighted by Gasteiger charge is -2.20. The number of hydrogen-bond acceptors (Lipinski definition) is 5. The first-order valence-corrected chi connectivity index (χ1v) is 35.8. The van der Waals surface area contributed by atoms with Crippen LogP contribution < -0.4 is 5.32 Å². The molecule has 0 aromatic heterocycles. The van der Waals surface area contributed by atoms with Crippen LogP contribution in [0.5, 0.6) is 0 Å². The number of unbranched alkanes of at least 4 members (excludes halogenated alkanes) is 52. The highest BCUT2D eigenvalue weighted by Crippen LogP contribution is 2.19. The highest BCUT2D eigenvalue weighted by atomic mass is 16.5. The minimum atomic E-state index is -0.844. The van der Waals surface area contributed by atoms with E-state index in [9.17, 15) is 19.8 Å². The van der Waals surface area contributed by atoms with Gasteiger partial charge in [0, 0.05) is 12.8 Å². The third-order valence-corrected chi connectivity index (χ3v) is 16.7. The average Bonchev–Trinajstić information content (AvgIpc) is 3.45. The van der Waals surface area contributed by atoms with Gasteiger partial charge in [-0.25, -0.2) is 0 Å². The molecule has 0 bridgehead atoms. The van der Waals surface area contributed by atoms with Gasteiger partial charge in [-0.15, -0.1) is 0 Å². The van der Waals surface area contributed by atoms with Crippen molar-refractivity contribution in [2.75, 3.05) is 13.2 Å². The SMILES string of the molecule is CCCC/C=C\C/C=C\CCCCCCCC(=O)OCCCCCCCCCCCCCCCCCCCCCCCCCCCCCC(=O)NC(CO)C(O)/C=C/CCCCCCCCCCCCCCCCCCCCC. The predicted molar refractivity (Wildman–Crippen MR) is 347 cm³/mol. The summed E-state index contributed by atoms with van der Waals surface area (Å²) in [6.45, 7) is 4.89. The molecule has 0 fully saturated rings. The molecule has 0 rings (SSSR count). The molecule has 79 heavy (non-hydrogen) atoms. The van der Waals surface area contributed by atoms with Crippen molar-refractivity contribution in [2.24, 2.45) is 0 Å². The minimum Gasteiger partial charge on any atom is -0.466 e. The van der Waals surface area contributed by atoms with Crippen molar-refractivity contribution < 1.29 is 24.5 Å². The van der Waals surface area contributed by atoms with E-state index in [-0.39, 0.29) is 18.5 Å². The number of aliphatic hydroxyl groups is 2. The third kappa shape index (κ3) is 65.1. The van der Waals surface area contributed by atoms with Gasteiger partial charge >= 0.3 is 5.97 Å². The van der Waals surface area contributed by atoms with Crippen LogP contribution in [0, 0.1) is 0 Å². The Labute approximate surface area is 494 Å². The molecule has 0 heterocycles. The van der Waals surface area contributed by atoms with E-state index >= 15 is 0 Å². The molecule has 0 radical (unpaired) electrons. The van der Waals surface area contributed by atoms with Crippen molar-refractivity contribution in [3.05, 3.63) is 36.5 Å². The molecular weight excluding hydrogens is 971 g/mol. The second kappa shape index (κ2) is 68.6. The van der Waals surface area contributed by atoms with Crippen LogP contribution >= 0.6 is 0 Å². The summed E-state index contributed by atoms with van der Waals surface area (Å²) in [7, 11) is 0. The normalized spacial score (nSPS) is 12.7. The smallest absolute Gasteiger partial charge is 0.305 e. The van der Waals surface area contributed by atoms with Gasteiger partial charge in [0.2, 0.25) is 5.91 Å². The van der Waals surface area contributed by atoms with Crippen molar-refractivity contribution >= 4 is 11.9 Å². The van der Waals surface area contributed by atoms with Crippen molar-refractivity contribution in [3.63, 3.8) is 0 Å². The number of ether oxygens (including phenoxy) is 1. The molecule has 466 valence electrons. The Morgan fingerprint density at radius 3 is 1.00 bits per heavy atom. The number of hydrogen-bond donors (Lipinski definition) is 3. The van der Waals surface area contributed by atoms with Gasteiger partial charge in [0.25, 0.3) is 0 Å². The molecule has 0 saturated heterocycles. The van der Waals surface area contributed by atoms with Crippen molar-refractivity contribution in [3.8, 4) is 0 Å². The molecule has 3 N–H and O–H groups in total. The Morgan fingerprint density at radius 2 is 0.646 bits per heavy atom. The fraction of sp³-hybridized carbons (Fsp3) is 0.890. The molecule has 0 aliphatic rings. The van der Waals surface area contributed by atoms with E-state index in [1.165, 1.54) is 315 Å². The highest BCUT2D eigenvalue weighted by molar-refractivity contribution is 5.76. The van der Waals surface area contributed by atoms with Crippen molar-refractivity contribution in [2.45, 2.75) is 405 Å². The molecule has 0 aliphatic heterocycles. The van der Waals surface area contributed by atoms with Gasteiger partial charge in [-0.1, -0.05) is 359 Å². The van der Waals surface area contributed by atoms with Crippen LogP contribution in [0.1, 0.15) is 393 Å². The first kappa shape index (κ1) is 77.1. The molecule has 6 nitrogen and oxygen atoms in total. The van der Waals surface area contributed by atoms with Crippen LogP contribution in [0.3, 0.4) is 0 Å². The third-order valence-electron chi connectivity index (χ3n) is 16.7. The number of nitrogens with one attached hydrogen (secondary N) is 1. The van der Waals surface area contributed by atoms with E-state index in [2.05, 4.69) is 43.5 Å². The summed E-state index contributed by atoms with van der Waals surface area (Å²) in [6.07, 6.45) is 88.0. The molecule has 0 saturated carbocycles. The van der Waals surface area contributed by atoms with Gasteiger partial charge < -0.3 is 20.3 Å². The van der Waals surface area contributed by atoms with Crippen LogP contribution in [0.15, 0.2) is 36.5 Å². The fourth-order valence-electron chi connectivity index (χ4n) is 11.2. The van der Waals surface area contributed by atoms with Crippen LogP contribution in [0.4, 0.5) is 0 Å². The number of allylic oxidation sites excluding steroid dienone is 5. The zero-order valence-corrected chi connectivity index (χ0v) is 53.4. The lowest BCUT2D eigenvalue weighted by Crippen LogP contribution is -2.45. The summed E-state index contributed by atoms with van der Waals surface area (Å²) in [5.41, 5.74) is 0. The van der Waals surface area contributed by atoms with Crippen LogP contribution in [0.2, 0.25) is 0 Å². The first-order chi connectivity index (χ1) is 39.0. The van der Waals surface area contributed by atoms with E-state index < -0.39 is 12.1 Å². The Morgan fingerprint density at radius 1 is 0.354 bits per heavy atom. The average molecular weight is 1110 g/mol. The maximum atomic E-state index is 12.5. The summed E-state index contributed by atoms with van der Waals surface area (Å²) in [6, 6.07) is -0.627. The molecule has 0 aliphatic carbocycles. The summed E-state index contributed by atoms with van der Waals surface area (Å²) < 4.78 is 5.48. The quantitative estimate of drug-likeness (QED) is 0.0320. The Balaban J connectivity index is 3.38. The van der Waals surface area contributed by atoms with Gasteiger partial charge in [-0.05, 0) is 57.8 Å². The molecule has 0 aromatic rings. The van der Waals surface area contributed by atoms with Gasteiger partial charge in [-0.3, -0.25) is 9.59 Å². The maximum Gasteiger partial charge on any atom is 0.305 e. The van der Waals surface area contributed by atoms with Gasteiger partial charge in [0.05, 0.1) is 25.4 Å². The second-order valence-electron chi connectivity index (χ2n) is 24.6. The van der Waals surface area contributed by atoms with E-state index in [0.717, 1.165) is 51.4 Å². The predicted octanol–water partition coefficient (Wildman–Crippen LogP) is 23.1. The zero-order valence-electron chi connectivity index (χ0n) is 53.4. The lowest BCUT2D eigenvalue weighted by molar-refractivity contribution is -0.143. The number of amides is 1. The number of rotatable bonds is 67. The summed E-state index contributed by atoms with van der Waals surface area (Å²) >= 11 is 0. The lowest BCUT2D eigenvalue weighted by atomic mass is 10.0. The monoisotopic (exact) mass is 1110 g/mol. The van der Waals surface area contributed by atoms with Gasteiger partial charge in [0.15, 0.2) is 0 Å².